The molecule has 0 spiro atoms. The fraction of sp³-hybridized carbons (Fsp3) is 0.529. The first-order chi connectivity index (χ1) is 13.7. The molecule has 158 valence electrons. The molecule has 12 heteroatoms. The van der Waals surface area contributed by atoms with Gasteiger partial charge in [-0.3, -0.25) is 4.57 Å². The molecule has 1 aliphatic rings. The molecule has 2 N–H and O–H groups in total. The standard InChI is InChI=1S/C16H23FN5O3P.CO2/c1-4-10(2)6-26(3,23)9-24-12-5-11(17)16(25-12)22-8-21-13-14(18)19-7-20-15(13)22;2-1-3/h5,7-8,10,12,16H,4,6,9H2,1-3H3,(H2,18,19,20);/t10?,12-,16?,26?;/m0./s1. The summed E-state index contributed by atoms with van der Waals surface area (Å²) in [5.41, 5.74) is 6.49. The van der Waals surface area contributed by atoms with Gasteiger partial charge in [-0.05, 0) is 12.6 Å². The van der Waals surface area contributed by atoms with E-state index in [-0.39, 0.29) is 18.3 Å². The molecule has 3 rings (SSSR count). The van der Waals surface area contributed by atoms with Crippen LogP contribution in [-0.2, 0) is 23.6 Å². The average molecular weight is 427 g/mol. The lowest BCUT2D eigenvalue weighted by Gasteiger charge is -2.20. The van der Waals surface area contributed by atoms with Crippen molar-refractivity contribution in [1.82, 2.24) is 19.5 Å². The number of nitrogen functional groups attached to an aromatic ring is 1. The molecule has 1 aliphatic heterocycles. The Labute approximate surface area is 166 Å². The van der Waals surface area contributed by atoms with E-state index in [4.69, 9.17) is 24.8 Å². The first-order valence-corrected chi connectivity index (χ1v) is 11.4. The topological polar surface area (TPSA) is 139 Å². The van der Waals surface area contributed by atoms with E-state index in [1.54, 1.807) is 6.66 Å². The number of imidazole rings is 1. The van der Waals surface area contributed by atoms with Gasteiger partial charge in [0.1, 0.15) is 25.3 Å². The number of nitrogens with zero attached hydrogens (tertiary/aromatic N) is 4. The van der Waals surface area contributed by atoms with Crippen LogP contribution in [0.4, 0.5) is 10.2 Å². The second-order valence-corrected chi connectivity index (χ2v) is 10.1. The summed E-state index contributed by atoms with van der Waals surface area (Å²) in [5, 5.41) is 0. The molecule has 3 unspecified atom stereocenters. The van der Waals surface area contributed by atoms with Crippen LogP contribution in [0.25, 0.3) is 11.2 Å². The predicted molar refractivity (Wildman–Crippen MR) is 102 cm³/mol. The molecule has 2 aromatic heterocycles. The Balaban J connectivity index is 0.000000941. The zero-order valence-corrected chi connectivity index (χ0v) is 17.2. The number of carbonyl (C=O) groups excluding carboxylic acids is 2. The van der Waals surface area contributed by atoms with Gasteiger partial charge in [-0.15, -0.1) is 0 Å². The van der Waals surface area contributed by atoms with Crippen LogP contribution in [-0.4, -0.2) is 51.1 Å². The summed E-state index contributed by atoms with van der Waals surface area (Å²) in [6, 6.07) is 0. The summed E-state index contributed by atoms with van der Waals surface area (Å²) in [5.74, 6) is 0.0293. The molecule has 29 heavy (non-hydrogen) atoms. The smallest absolute Gasteiger partial charge is 0.373 e. The second-order valence-electron chi connectivity index (χ2n) is 6.86. The van der Waals surface area contributed by atoms with Crippen molar-refractivity contribution in [2.24, 2.45) is 5.92 Å². The molecule has 0 amide bonds. The number of hydrogen-bond acceptors (Lipinski definition) is 9. The van der Waals surface area contributed by atoms with Crippen molar-refractivity contribution in [3.05, 3.63) is 24.6 Å². The monoisotopic (exact) mass is 427 g/mol. The summed E-state index contributed by atoms with van der Waals surface area (Å²) in [7, 11) is -2.47. The Morgan fingerprint density at radius 1 is 1.41 bits per heavy atom. The second kappa shape index (κ2) is 9.84. The van der Waals surface area contributed by atoms with Gasteiger partial charge in [0.05, 0.1) is 6.33 Å². The minimum absolute atomic E-state index is 0.0400. The fourth-order valence-corrected chi connectivity index (χ4v) is 4.99. The third kappa shape index (κ3) is 5.77. The van der Waals surface area contributed by atoms with E-state index in [1.165, 1.54) is 23.3 Å². The summed E-state index contributed by atoms with van der Waals surface area (Å²) >= 11 is 0. The molecule has 0 bridgehead atoms. The highest BCUT2D eigenvalue weighted by Gasteiger charge is 2.32. The van der Waals surface area contributed by atoms with E-state index in [1.807, 2.05) is 0 Å². The summed E-state index contributed by atoms with van der Waals surface area (Å²) < 4.78 is 39.6. The van der Waals surface area contributed by atoms with Crippen LogP contribution < -0.4 is 5.73 Å². The van der Waals surface area contributed by atoms with E-state index >= 15 is 0 Å². The van der Waals surface area contributed by atoms with Crippen molar-refractivity contribution in [1.29, 1.82) is 0 Å². The number of halogens is 1. The Kier molecular flexibility index (Phi) is 7.75. The third-order valence-corrected chi connectivity index (χ3v) is 6.43. The van der Waals surface area contributed by atoms with Crippen molar-refractivity contribution in [3.8, 4) is 0 Å². The van der Waals surface area contributed by atoms with Crippen molar-refractivity contribution < 1.29 is 28.0 Å². The zero-order valence-electron chi connectivity index (χ0n) is 16.3. The number of fused-ring (bicyclic) bond motifs is 1. The number of hydrogen-bond donors (Lipinski definition) is 1. The molecule has 3 heterocycles. The largest absolute Gasteiger partial charge is 0.382 e. The van der Waals surface area contributed by atoms with E-state index in [9.17, 15) is 8.96 Å². The molecule has 0 saturated carbocycles. The van der Waals surface area contributed by atoms with Crippen molar-refractivity contribution in [3.63, 3.8) is 0 Å². The van der Waals surface area contributed by atoms with E-state index in [2.05, 4.69) is 28.8 Å². The van der Waals surface area contributed by atoms with Gasteiger partial charge >= 0.3 is 6.15 Å². The minimum Gasteiger partial charge on any atom is -0.382 e. The Hall–Kier alpha value is -2.45. The van der Waals surface area contributed by atoms with Gasteiger partial charge in [-0.1, -0.05) is 20.3 Å². The highest BCUT2D eigenvalue weighted by Crippen LogP contribution is 2.44. The molecule has 10 nitrogen and oxygen atoms in total. The Bertz CT molecular complexity index is 959. The van der Waals surface area contributed by atoms with Gasteiger partial charge in [0, 0.05) is 12.2 Å². The summed E-state index contributed by atoms with van der Waals surface area (Å²) in [6.07, 6.45) is 3.77. The number of anilines is 1. The molecule has 4 atom stereocenters. The quantitative estimate of drug-likeness (QED) is 0.660. The van der Waals surface area contributed by atoms with Gasteiger partial charge in [0.15, 0.2) is 29.8 Å². The summed E-state index contributed by atoms with van der Waals surface area (Å²) in [4.78, 5) is 28.3. The highest BCUT2D eigenvalue weighted by molar-refractivity contribution is 7.62. The number of ether oxygens (including phenoxy) is 2. The van der Waals surface area contributed by atoms with Gasteiger partial charge in [0.25, 0.3) is 0 Å². The van der Waals surface area contributed by atoms with Crippen LogP contribution in [0.2, 0.25) is 0 Å². The first-order valence-electron chi connectivity index (χ1n) is 8.84. The normalized spacial score (nSPS) is 21.6. The van der Waals surface area contributed by atoms with Crippen molar-refractivity contribution in [2.75, 3.05) is 24.9 Å². The Morgan fingerprint density at radius 2 is 2.10 bits per heavy atom. The molecule has 0 fully saturated rings. The van der Waals surface area contributed by atoms with Crippen LogP contribution in [0.1, 0.15) is 26.5 Å². The molecular formula is C17H23FN5O5P. The number of aromatic nitrogens is 4. The van der Waals surface area contributed by atoms with Gasteiger partial charge < -0.3 is 19.8 Å². The lowest BCUT2D eigenvalue weighted by Crippen LogP contribution is -2.17. The number of rotatable bonds is 7. The maximum absolute atomic E-state index is 14.4. The molecule has 0 aromatic carbocycles. The molecule has 2 aromatic rings. The van der Waals surface area contributed by atoms with Crippen LogP contribution in [0, 0.1) is 5.92 Å². The third-order valence-electron chi connectivity index (χ3n) is 4.34. The first kappa shape index (κ1) is 22.8. The Morgan fingerprint density at radius 3 is 2.76 bits per heavy atom. The summed E-state index contributed by atoms with van der Waals surface area (Å²) in [6.45, 7) is 5.81. The molecular weight excluding hydrogens is 404 g/mol. The zero-order chi connectivity index (χ0) is 21.6. The highest BCUT2D eigenvalue weighted by atomic mass is 31.2. The minimum atomic E-state index is -2.47. The average Bonchev–Trinajstić information content (AvgIpc) is 3.24. The fourth-order valence-electron chi connectivity index (χ4n) is 2.84. The molecule has 0 radical (unpaired) electrons. The molecule has 0 aliphatic carbocycles. The molecule has 0 saturated heterocycles. The van der Waals surface area contributed by atoms with Gasteiger partial charge in [-0.2, -0.15) is 9.59 Å². The van der Waals surface area contributed by atoms with Crippen LogP contribution in [0.15, 0.2) is 24.6 Å². The SMILES string of the molecule is CCC(C)CP(C)(=O)CO[C@@H]1C=C(F)C(n2cnc3c(N)ncnc32)O1.O=C=O. The van der Waals surface area contributed by atoms with Crippen LogP contribution in [0.5, 0.6) is 0 Å². The van der Waals surface area contributed by atoms with Crippen molar-refractivity contribution in [2.45, 2.75) is 32.8 Å². The van der Waals surface area contributed by atoms with Gasteiger partial charge in [-0.25, -0.2) is 19.3 Å². The lowest BCUT2D eigenvalue weighted by atomic mass is 10.2. The van der Waals surface area contributed by atoms with Crippen LogP contribution in [0.3, 0.4) is 0 Å². The van der Waals surface area contributed by atoms with E-state index in [0.29, 0.717) is 23.2 Å². The number of nitrogens with two attached hydrogens (primary N) is 1. The van der Waals surface area contributed by atoms with Crippen LogP contribution >= 0.6 is 7.14 Å². The predicted octanol–water partition coefficient (Wildman–Crippen LogP) is 2.55. The van der Waals surface area contributed by atoms with E-state index < -0.39 is 25.5 Å². The van der Waals surface area contributed by atoms with Gasteiger partial charge in [0.2, 0.25) is 0 Å². The van der Waals surface area contributed by atoms with E-state index in [0.717, 1.165) is 6.42 Å². The maximum Gasteiger partial charge on any atom is 0.373 e. The lowest BCUT2D eigenvalue weighted by molar-refractivity contribution is -0.191. The van der Waals surface area contributed by atoms with Crippen molar-refractivity contribution >= 4 is 30.3 Å². The maximum atomic E-state index is 14.4.